The lowest BCUT2D eigenvalue weighted by Crippen LogP contribution is -2.40. The molecule has 0 unspecified atom stereocenters. The average Bonchev–Trinajstić information content (AvgIpc) is 2.67. The zero-order valence-corrected chi connectivity index (χ0v) is 17.0. The Morgan fingerprint density at radius 2 is 1.72 bits per heavy atom. The first-order chi connectivity index (χ1) is 13.9. The van der Waals surface area contributed by atoms with Crippen molar-refractivity contribution in [3.63, 3.8) is 0 Å². The smallest absolute Gasteiger partial charge is 0.325 e. The molecule has 2 aromatic carbocycles. The highest BCUT2D eigenvalue weighted by Gasteiger charge is 2.14. The number of fused-ring (bicyclic) bond motifs is 1. The van der Waals surface area contributed by atoms with Gasteiger partial charge in [0.05, 0.1) is 6.54 Å². The van der Waals surface area contributed by atoms with Crippen LogP contribution in [0.1, 0.15) is 30.9 Å². The summed E-state index contributed by atoms with van der Waals surface area (Å²) in [5.41, 5.74) is 2.92. The van der Waals surface area contributed by atoms with E-state index in [0.29, 0.717) is 42.9 Å². The Balaban J connectivity index is 1.46. The highest BCUT2D eigenvalue weighted by Crippen LogP contribution is 2.32. The number of amides is 3. The van der Waals surface area contributed by atoms with Crippen molar-refractivity contribution in [3.05, 3.63) is 53.6 Å². The molecule has 1 heterocycles. The van der Waals surface area contributed by atoms with Crippen LogP contribution >= 0.6 is 0 Å². The van der Waals surface area contributed by atoms with Crippen molar-refractivity contribution in [1.82, 2.24) is 10.2 Å². The number of benzene rings is 2. The molecule has 0 fully saturated rings. The van der Waals surface area contributed by atoms with Gasteiger partial charge < -0.3 is 14.8 Å². The number of hydrogen-bond donors (Lipinski definition) is 2. The van der Waals surface area contributed by atoms with Gasteiger partial charge in [-0.1, -0.05) is 38.1 Å². The van der Waals surface area contributed by atoms with E-state index in [1.165, 1.54) is 5.56 Å². The normalized spacial score (nSPS) is 12.7. The molecule has 0 radical (unpaired) electrons. The maximum atomic E-state index is 12.2. The molecule has 0 aromatic heterocycles. The van der Waals surface area contributed by atoms with Crippen LogP contribution < -0.4 is 20.1 Å². The molecule has 0 saturated carbocycles. The molecule has 1 aliphatic heterocycles. The van der Waals surface area contributed by atoms with Crippen LogP contribution in [0.4, 0.5) is 10.5 Å². The number of nitrogens with zero attached hydrogens (tertiary/aromatic N) is 1. The Morgan fingerprint density at radius 3 is 2.41 bits per heavy atom. The minimum atomic E-state index is -0.582. The van der Waals surface area contributed by atoms with Gasteiger partial charge in [-0.2, -0.15) is 0 Å². The molecule has 7 nitrogen and oxygen atoms in total. The fraction of sp³-hybridized carbons (Fsp3) is 0.364. The van der Waals surface area contributed by atoms with Crippen LogP contribution in [0.25, 0.3) is 0 Å². The van der Waals surface area contributed by atoms with E-state index in [1.807, 2.05) is 11.9 Å². The first-order valence-electron chi connectivity index (χ1n) is 9.68. The second-order valence-electron chi connectivity index (χ2n) is 7.43. The van der Waals surface area contributed by atoms with E-state index in [1.54, 1.807) is 18.2 Å². The summed E-state index contributed by atoms with van der Waals surface area (Å²) in [6.07, 6.45) is 0. The highest BCUT2D eigenvalue weighted by molar-refractivity contribution is 6.01. The first-order valence-corrected chi connectivity index (χ1v) is 9.68. The van der Waals surface area contributed by atoms with Crippen LogP contribution in [0.3, 0.4) is 0 Å². The Labute approximate surface area is 171 Å². The van der Waals surface area contributed by atoms with E-state index >= 15 is 0 Å². The number of hydrogen-bond acceptors (Lipinski definition) is 5. The largest absolute Gasteiger partial charge is 0.486 e. The number of carbonyl (C=O) groups is 2. The number of urea groups is 1. The second-order valence-corrected chi connectivity index (χ2v) is 7.43. The minimum Gasteiger partial charge on any atom is -0.486 e. The molecule has 0 spiro atoms. The van der Waals surface area contributed by atoms with Gasteiger partial charge in [0.15, 0.2) is 11.5 Å². The molecule has 0 atom stereocenters. The molecular weight excluding hydrogens is 370 g/mol. The second kappa shape index (κ2) is 9.43. The van der Waals surface area contributed by atoms with E-state index in [4.69, 9.17) is 9.47 Å². The van der Waals surface area contributed by atoms with Crippen LogP contribution in [0.2, 0.25) is 0 Å². The lowest BCUT2D eigenvalue weighted by Gasteiger charge is -2.19. The van der Waals surface area contributed by atoms with Gasteiger partial charge in [-0.15, -0.1) is 0 Å². The lowest BCUT2D eigenvalue weighted by atomic mass is 10.0. The zero-order valence-electron chi connectivity index (χ0n) is 17.0. The molecule has 0 saturated heterocycles. The van der Waals surface area contributed by atoms with E-state index in [-0.39, 0.29) is 12.5 Å². The van der Waals surface area contributed by atoms with E-state index < -0.39 is 6.03 Å². The third kappa shape index (κ3) is 5.96. The number of anilines is 1. The molecule has 2 aromatic rings. The number of likely N-dealkylation sites (N-methyl/N-ethyl adjacent to an activating group) is 1. The summed E-state index contributed by atoms with van der Waals surface area (Å²) < 4.78 is 10.9. The summed E-state index contributed by atoms with van der Waals surface area (Å²) in [7, 11) is 1.84. The van der Waals surface area contributed by atoms with Crippen molar-refractivity contribution in [2.75, 3.05) is 32.1 Å². The van der Waals surface area contributed by atoms with E-state index in [2.05, 4.69) is 48.7 Å². The number of ether oxygens (including phenoxy) is 2. The standard InChI is InChI=1S/C22H27N3O4/c1-15(2)17-6-4-16(5-7-17)13-25(3)14-21(26)24-22(27)23-18-8-9-19-20(12-18)29-11-10-28-19/h4-9,12,15H,10-11,13-14H2,1-3H3,(H2,23,24,26,27). The fourth-order valence-electron chi connectivity index (χ4n) is 3.07. The monoisotopic (exact) mass is 397 g/mol. The Morgan fingerprint density at radius 1 is 1.03 bits per heavy atom. The summed E-state index contributed by atoms with van der Waals surface area (Å²) in [4.78, 5) is 26.1. The van der Waals surface area contributed by atoms with Crippen LogP contribution in [0.15, 0.2) is 42.5 Å². The van der Waals surface area contributed by atoms with E-state index in [9.17, 15) is 9.59 Å². The van der Waals surface area contributed by atoms with Crippen molar-refractivity contribution in [2.45, 2.75) is 26.3 Å². The van der Waals surface area contributed by atoms with E-state index in [0.717, 1.165) is 5.56 Å². The summed E-state index contributed by atoms with van der Waals surface area (Å²) >= 11 is 0. The first kappa shape index (κ1) is 20.7. The summed E-state index contributed by atoms with van der Waals surface area (Å²) in [6, 6.07) is 12.9. The van der Waals surface area contributed by atoms with Gasteiger partial charge in [0.25, 0.3) is 0 Å². The highest BCUT2D eigenvalue weighted by atomic mass is 16.6. The van der Waals surface area contributed by atoms with Gasteiger partial charge in [0.2, 0.25) is 5.91 Å². The van der Waals surface area contributed by atoms with Gasteiger partial charge in [0, 0.05) is 18.3 Å². The maximum absolute atomic E-state index is 12.2. The van der Waals surface area contributed by atoms with Gasteiger partial charge >= 0.3 is 6.03 Å². The van der Waals surface area contributed by atoms with Gasteiger partial charge in [-0.3, -0.25) is 15.0 Å². The van der Waals surface area contributed by atoms with Crippen molar-refractivity contribution >= 4 is 17.6 Å². The van der Waals surface area contributed by atoms with Gasteiger partial charge in [0.1, 0.15) is 13.2 Å². The van der Waals surface area contributed by atoms with Crippen molar-refractivity contribution in [1.29, 1.82) is 0 Å². The number of imide groups is 1. The average molecular weight is 397 g/mol. The molecule has 3 amide bonds. The fourth-order valence-corrected chi connectivity index (χ4v) is 3.07. The molecular formula is C22H27N3O4. The van der Waals surface area contributed by atoms with Crippen LogP contribution in [0.5, 0.6) is 11.5 Å². The number of nitrogens with one attached hydrogen (secondary N) is 2. The Hall–Kier alpha value is -3.06. The number of carbonyl (C=O) groups excluding carboxylic acids is 2. The van der Waals surface area contributed by atoms with Crippen LogP contribution in [0, 0.1) is 0 Å². The predicted molar refractivity (Wildman–Crippen MR) is 111 cm³/mol. The Kier molecular flexibility index (Phi) is 6.72. The van der Waals surface area contributed by atoms with Crippen molar-refractivity contribution in [2.24, 2.45) is 0 Å². The third-order valence-corrected chi connectivity index (χ3v) is 4.57. The maximum Gasteiger partial charge on any atom is 0.325 e. The molecule has 7 heteroatoms. The van der Waals surface area contributed by atoms with Gasteiger partial charge in [-0.25, -0.2) is 4.79 Å². The third-order valence-electron chi connectivity index (χ3n) is 4.57. The minimum absolute atomic E-state index is 0.112. The lowest BCUT2D eigenvalue weighted by molar-refractivity contribution is -0.120. The Bertz CT molecular complexity index is 865. The summed E-state index contributed by atoms with van der Waals surface area (Å²) in [5, 5.41) is 4.98. The molecule has 3 rings (SSSR count). The topological polar surface area (TPSA) is 79.9 Å². The SMILES string of the molecule is CC(C)c1ccc(CN(C)CC(=O)NC(=O)Nc2ccc3c(c2)OCCO3)cc1. The molecule has 2 N–H and O–H groups in total. The summed E-state index contributed by atoms with van der Waals surface area (Å²) in [6.45, 7) is 6.01. The molecule has 154 valence electrons. The van der Waals surface area contributed by atoms with Crippen molar-refractivity contribution < 1.29 is 19.1 Å². The molecule has 29 heavy (non-hydrogen) atoms. The van der Waals surface area contributed by atoms with Crippen LogP contribution in [-0.2, 0) is 11.3 Å². The molecule has 0 bridgehead atoms. The molecule has 0 aliphatic carbocycles. The quantitative estimate of drug-likeness (QED) is 0.781. The van der Waals surface area contributed by atoms with Crippen molar-refractivity contribution in [3.8, 4) is 11.5 Å². The predicted octanol–water partition coefficient (Wildman–Crippen LogP) is 3.36. The summed E-state index contributed by atoms with van der Waals surface area (Å²) in [5.74, 6) is 1.33. The number of rotatable bonds is 6. The molecule has 1 aliphatic rings. The van der Waals surface area contributed by atoms with Gasteiger partial charge in [-0.05, 0) is 36.2 Å². The zero-order chi connectivity index (χ0) is 20.8. The van der Waals surface area contributed by atoms with Crippen LogP contribution in [-0.4, -0.2) is 43.6 Å².